The molecule has 2 heterocycles. The van der Waals surface area contributed by atoms with Crippen LogP contribution < -0.4 is 5.73 Å². The van der Waals surface area contributed by atoms with Crippen LogP contribution in [-0.2, 0) is 4.74 Å². The average molecular weight is 236 g/mol. The highest BCUT2D eigenvalue weighted by Gasteiger charge is 2.27. The Hall–Kier alpha value is -1.69. The van der Waals surface area contributed by atoms with Gasteiger partial charge in [0.05, 0.1) is 12.2 Å². The summed E-state index contributed by atoms with van der Waals surface area (Å²) in [6, 6.07) is 3.17. The van der Waals surface area contributed by atoms with Crippen LogP contribution in [0.25, 0.3) is 0 Å². The zero-order valence-corrected chi connectivity index (χ0v) is 9.96. The highest BCUT2D eigenvalue weighted by Crippen LogP contribution is 2.13. The van der Waals surface area contributed by atoms with Crippen molar-refractivity contribution in [2.24, 2.45) is 0 Å². The normalized spacial score (nSPS) is 24.7. The van der Waals surface area contributed by atoms with E-state index in [0.717, 1.165) is 0 Å². The summed E-state index contributed by atoms with van der Waals surface area (Å²) in [4.78, 5) is 13.9. The number of amides is 1. The van der Waals surface area contributed by atoms with Gasteiger partial charge in [-0.15, -0.1) is 10.2 Å². The van der Waals surface area contributed by atoms with E-state index >= 15 is 0 Å². The lowest BCUT2D eigenvalue weighted by Gasteiger charge is -2.35. The number of carbonyl (C=O) groups is 1. The van der Waals surface area contributed by atoms with Crippen LogP contribution in [0.5, 0.6) is 0 Å². The van der Waals surface area contributed by atoms with Gasteiger partial charge in [0.25, 0.3) is 5.91 Å². The maximum absolute atomic E-state index is 12.1. The van der Waals surface area contributed by atoms with E-state index < -0.39 is 0 Å². The first kappa shape index (κ1) is 11.8. The third-order valence-corrected chi connectivity index (χ3v) is 2.61. The molecule has 1 aliphatic heterocycles. The van der Waals surface area contributed by atoms with Gasteiger partial charge < -0.3 is 15.4 Å². The van der Waals surface area contributed by atoms with Gasteiger partial charge in [0.15, 0.2) is 5.69 Å². The molecule has 92 valence electrons. The van der Waals surface area contributed by atoms with Gasteiger partial charge in [-0.3, -0.25) is 4.79 Å². The molecule has 0 bridgehead atoms. The van der Waals surface area contributed by atoms with Crippen LogP contribution in [0.2, 0.25) is 0 Å². The zero-order chi connectivity index (χ0) is 12.4. The van der Waals surface area contributed by atoms with E-state index in [0.29, 0.717) is 24.6 Å². The van der Waals surface area contributed by atoms with Gasteiger partial charge in [0.1, 0.15) is 5.82 Å². The Bertz CT molecular complexity index is 396. The molecule has 1 amide bonds. The maximum Gasteiger partial charge on any atom is 0.274 e. The van der Waals surface area contributed by atoms with Crippen molar-refractivity contribution < 1.29 is 9.53 Å². The number of ether oxygens (including phenoxy) is 1. The topological polar surface area (TPSA) is 81.3 Å². The molecule has 0 radical (unpaired) electrons. The Morgan fingerprint density at radius 2 is 2.00 bits per heavy atom. The van der Waals surface area contributed by atoms with Crippen LogP contribution in [-0.4, -0.2) is 46.3 Å². The fourth-order valence-electron chi connectivity index (χ4n) is 1.96. The third kappa shape index (κ3) is 2.71. The van der Waals surface area contributed by atoms with Crippen molar-refractivity contribution in [3.8, 4) is 0 Å². The minimum absolute atomic E-state index is 0.0458. The summed E-state index contributed by atoms with van der Waals surface area (Å²) in [6.07, 6.45) is 0.0916. The highest BCUT2D eigenvalue weighted by atomic mass is 16.5. The predicted molar refractivity (Wildman–Crippen MR) is 62.4 cm³/mol. The molecule has 0 saturated carbocycles. The van der Waals surface area contributed by atoms with Crippen LogP contribution in [0.4, 0.5) is 5.82 Å². The molecule has 1 aliphatic rings. The molecule has 0 aromatic carbocycles. The predicted octanol–water partition coefficient (Wildman–Crippen LogP) is 0.308. The first-order valence-corrected chi connectivity index (χ1v) is 5.60. The summed E-state index contributed by atoms with van der Waals surface area (Å²) in [6.45, 7) is 5.06. The van der Waals surface area contributed by atoms with E-state index in [9.17, 15) is 4.79 Å². The van der Waals surface area contributed by atoms with Gasteiger partial charge in [-0.05, 0) is 26.0 Å². The first-order valence-electron chi connectivity index (χ1n) is 5.60. The van der Waals surface area contributed by atoms with E-state index in [1.54, 1.807) is 17.0 Å². The summed E-state index contributed by atoms with van der Waals surface area (Å²) in [5, 5.41) is 7.48. The molecule has 1 fully saturated rings. The second-order valence-corrected chi connectivity index (χ2v) is 4.31. The summed E-state index contributed by atoms with van der Waals surface area (Å²) in [5.41, 5.74) is 5.75. The molecule has 2 unspecified atom stereocenters. The molecule has 6 nitrogen and oxygen atoms in total. The number of carbonyl (C=O) groups excluding carboxylic acids is 1. The molecule has 1 aromatic rings. The summed E-state index contributed by atoms with van der Waals surface area (Å²) in [7, 11) is 0. The average Bonchev–Trinajstić information content (AvgIpc) is 2.28. The first-order chi connectivity index (χ1) is 8.06. The smallest absolute Gasteiger partial charge is 0.274 e. The van der Waals surface area contributed by atoms with Crippen LogP contribution >= 0.6 is 0 Å². The van der Waals surface area contributed by atoms with E-state index in [1.807, 2.05) is 13.8 Å². The number of nitrogens with zero attached hydrogens (tertiary/aromatic N) is 3. The molecule has 1 aromatic heterocycles. The van der Waals surface area contributed by atoms with Crippen LogP contribution in [0.3, 0.4) is 0 Å². The maximum atomic E-state index is 12.1. The number of morpholine rings is 1. The lowest BCUT2D eigenvalue weighted by atomic mass is 10.2. The number of aromatic nitrogens is 2. The Labute approximate surface area is 99.8 Å². The van der Waals surface area contributed by atoms with E-state index in [1.165, 1.54) is 0 Å². The second-order valence-electron chi connectivity index (χ2n) is 4.31. The molecule has 0 spiro atoms. The lowest BCUT2D eigenvalue weighted by Crippen LogP contribution is -2.48. The van der Waals surface area contributed by atoms with Gasteiger partial charge in [0, 0.05) is 13.1 Å². The fourth-order valence-corrected chi connectivity index (χ4v) is 1.96. The lowest BCUT2D eigenvalue weighted by molar-refractivity contribution is -0.0587. The van der Waals surface area contributed by atoms with Crippen molar-refractivity contribution >= 4 is 11.7 Å². The zero-order valence-electron chi connectivity index (χ0n) is 9.96. The van der Waals surface area contributed by atoms with Gasteiger partial charge in [0.2, 0.25) is 0 Å². The van der Waals surface area contributed by atoms with Crippen LogP contribution in [0, 0.1) is 0 Å². The molecule has 2 rings (SSSR count). The van der Waals surface area contributed by atoms with Crippen molar-refractivity contribution in [1.29, 1.82) is 0 Å². The van der Waals surface area contributed by atoms with Gasteiger partial charge in [-0.25, -0.2) is 0 Å². The van der Waals surface area contributed by atoms with Gasteiger partial charge in [-0.2, -0.15) is 0 Å². The van der Waals surface area contributed by atoms with Crippen molar-refractivity contribution in [3.63, 3.8) is 0 Å². The number of hydrogen-bond donors (Lipinski definition) is 1. The number of hydrogen-bond acceptors (Lipinski definition) is 5. The number of nitrogens with two attached hydrogens (primary N) is 1. The van der Waals surface area contributed by atoms with E-state index in [2.05, 4.69) is 10.2 Å². The summed E-state index contributed by atoms with van der Waals surface area (Å²) < 4.78 is 5.57. The molecule has 17 heavy (non-hydrogen) atoms. The molecule has 6 heteroatoms. The van der Waals surface area contributed by atoms with Crippen molar-refractivity contribution in [2.45, 2.75) is 26.1 Å². The Balaban J connectivity index is 2.11. The molecule has 1 saturated heterocycles. The highest BCUT2D eigenvalue weighted by molar-refractivity contribution is 5.92. The fraction of sp³-hybridized carbons (Fsp3) is 0.545. The van der Waals surface area contributed by atoms with Crippen molar-refractivity contribution in [1.82, 2.24) is 15.1 Å². The molecule has 2 atom stereocenters. The number of anilines is 1. The minimum Gasteiger partial charge on any atom is -0.382 e. The molecular formula is C11H16N4O2. The third-order valence-electron chi connectivity index (χ3n) is 2.61. The largest absolute Gasteiger partial charge is 0.382 e. The Morgan fingerprint density at radius 1 is 1.35 bits per heavy atom. The Kier molecular flexibility index (Phi) is 3.23. The SMILES string of the molecule is CC1CN(C(=O)c2ccc(N)nn2)CC(C)O1. The van der Waals surface area contributed by atoms with Crippen LogP contribution in [0.15, 0.2) is 12.1 Å². The minimum atomic E-state index is -0.125. The monoisotopic (exact) mass is 236 g/mol. The van der Waals surface area contributed by atoms with E-state index in [4.69, 9.17) is 10.5 Å². The van der Waals surface area contributed by atoms with Gasteiger partial charge >= 0.3 is 0 Å². The van der Waals surface area contributed by atoms with Gasteiger partial charge in [-0.1, -0.05) is 0 Å². The Morgan fingerprint density at radius 3 is 2.53 bits per heavy atom. The molecular weight excluding hydrogens is 220 g/mol. The molecule has 0 aliphatic carbocycles. The standard InChI is InChI=1S/C11H16N4O2/c1-7-5-15(6-8(2)17-7)11(16)9-3-4-10(12)14-13-9/h3-4,7-8H,5-6H2,1-2H3,(H2,12,14). The second kappa shape index (κ2) is 4.67. The summed E-state index contributed by atoms with van der Waals surface area (Å²) >= 11 is 0. The summed E-state index contributed by atoms with van der Waals surface area (Å²) in [5.74, 6) is 0.185. The van der Waals surface area contributed by atoms with E-state index in [-0.39, 0.29) is 18.1 Å². The number of nitrogen functional groups attached to an aromatic ring is 1. The van der Waals surface area contributed by atoms with Crippen molar-refractivity contribution in [2.75, 3.05) is 18.8 Å². The molecule has 2 N–H and O–H groups in total. The number of rotatable bonds is 1. The van der Waals surface area contributed by atoms with Crippen LogP contribution in [0.1, 0.15) is 24.3 Å². The quantitative estimate of drug-likeness (QED) is 0.758. The van der Waals surface area contributed by atoms with Crippen molar-refractivity contribution in [3.05, 3.63) is 17.8 Å².